The number of ketones is 2. The van der Waals surface area contributed by atoms with Gasteiger partial charge in [0.25, 0.3) is 0 Å². The van der Waals surface area contributed by atoms with Crippen molar-refractivity contribution in [2.24, 2.45) is 5.73 Å². The molecule has 11 nitrogen and oxygen atoms in total. The predicted molar refractivity (Wildman–Crippen MR) is 146 cm³/mol. The van der Waals surface area contributed by atoms with Crippen molar-refractivity contribution < 1.29 is 44.0 Å². The maximum absolute atomic E-state index is 13.7. The van der Waals surface area contributed by atoms with Crippen LogP contribution in [0.15, 0.2) is 54.6 Å². The number of fused-ring (bicyclic) bond motifs is 6. The number of phenolic OH excluding ortho intramolecular Hbond substituents is 2. The number of aromatic hydroxyl groups is 2. The first-order chi connectivity index (χ1) is 19.6. The summed E-state index contributed by atoms with van der Waals surface area (Å²) >= 11 is 5.64. The van der Waals surface area contributed by atoms with E-state index in [1.165, 1.54) is 48.5 Å². The third-order valence-corrected chi connectivity index (χ3v) is 7.43. The molecule has 0 unspecified atom stereocenters. The number of hydrogen-bond donors (Lipinski definition) is 4. The van der Waals surface area contributed by atoms with Crippen LogP contribution < -0.4 is 15.4 Å². The number of nitrogens with two attached hydrogens (primary N) is 1. The lowest BCUT2D eigenvalue weighted by molar-refractivity contribution is -0.136. The standard InChI is InChI=1S/C29H25ClN2O9/c30-14-22(35)26(36)21(5-1-2-11-31)32(28(38)39)20-6-3-4-19-25(20)27(37)41-29(19)17-9-7-15(33)12-23(17)40-24-13-16(34)8-10-18(24)29/h3-4,6-10,12-13,21,33-34H,1-2,5,11,14,31H2,(H,38,39)/t21-/m0/s1. The summed E-state index contributed by atoms with van der Waals surface area (Å²) in [7, 11) is 0. The zero-order chi connectivity index (χ0) is 29.5. The van der Waals surface area contributed by atoms with Crippen molar-refractivity contribution in [1.82, 2.24) is 0 Å². The second kappa shape index (κ2) is 10.8. The third kappa shape index (κ3) is 4.52. The van der Waals surface area contributed by atoms with Gasteiger partial charge in [-0.05, 0) is 56.1 Å². The molecule has 1 atom stereocenters. The first kappa shape index (κ1) is 27.9. The minimum atomic E-state index is -1.65. The van der Waals surface area contributed by atoms with Gasteiger partial charge in [-0.15, -0.1) is 11.6 Å². The maximum Gasteiger partial charge on any atom is 0.412 e. The van der Waals surface area contributed by atoms with E-state index in [2.05, 4.69) is 0 Å². The fourth-order valence-corrected chi connectivity index (χ4v) is 5.58. The number of carbonyl (C=O) groups is 4. The van der Waals surface area contributed by atoms with Crippen LogP contribution in [0.5, 0.6) is 23.0 Å². The number of alkyl halides is 1. The number of hydrogen-bond acceptors (Lipinski definition) is 9. The highest BCUT2D eigenvalue weighted by Gasteiger charge is 2.55. The summed E-state index contributed by atoms with van der Waals surface area (Å²) < 4.78 is 12.0. The zero-order valence-corrected chi connectivity index (χ0v) is 22.3. The number of amides is 1. The van der Waals surface area contributed by atoms with Gasteiger partial charge in [0.2, 0.25) is 11.6 Å². The van der Waals surface area contributed by atoms with Gasteiger partial charge in [-0.25, -0.2) is 9.59 Å². The van der Waals surface area contributed by atoms with E-state index >= 15 is 0 Å². The summed E-state index contributed by atoms with van der Waals surface area (Å²) in [6.07, 6.45) is -0.797. The Kier molecular flexibility index (Phi) is 7.33. The molecule has 12 heteroatoms. The van der Waals surface area contributed by atoms with E-state index in [4.69, 9.17) is 26.8 Å². The number of benzene rings is 3. The van der Waals surface area contributed by atoms with Crippen LogP contribution in [0.1, 0.15) is 46.3 Å². The first-order valence-corrected chi connectivity index (χ1v) is 13.2. The zero-order valence-electron chi connectivity index (χ0n) is 21.5. The number of rotatable bonds is 9. The highest BCUT2D eigenvalue weighted by atomic mass is 35.5. The summed E-state index contributed by atoms with van der Waals surface area (Å²) in [5.74, 6) is -3.45. The number of unbranched alkanes of at least 4 members (excludes halogenated alkanes) is 1. The van der Waals surface area contributed by atoms with E-state index in [0.29, 0.717) is 35.4 Å². The number of anilines is 1. The lowest BCUT2D eigenvalue weighted by Gasteiger charge is -2.36. The monoisotopic (exact) mass is 580 g/mol. The van der Waals surface area contributed by atoms with Crippen LogP contribution in [-0.4, -0.2) is 57.4 Å². The van der Waals surface area contributed by atoms with Crippen molar-refractivity contribution in [2.75, 3.05) is 17.3 Å². The van der Waals surface area contributed by atoms with E-state index in [0.717, 1.165) is 0 Å². The predicted octanol–water partition coefficient (Wildman–Crippen LogP) is 4.02. The summed E-state index contributed by atoms with van der Waals surface area (Å²) in [6, 6.07) is 11.4. The SMILES string of the molecule is NCCCC[C@@H](C(=O)C(=O)CCl)N(C(=O)O)c1cccc2c1C(=O)OC21c2ccc(O)cc2Oc2cc(O)ccc21. The molecule has 41 heavy (non-hydrogen) atoms. The molecule has 2 aliphatic heterocycles. The van der Waals surface area contributed by atoms with E-state index in [9.17, 15) is 34.5 Å². The molecule has 1 amide bonds. The van der Waals surface area contributed by atoms with E-state index in [1.54, 1.807) is 6.07 Å². The first-order valence-electron chi connectivity index (χ1n) is 12.7. The highest BCUT2D eigenvalue weighted by Crippen LogP contribution is 2.58. The third-order valence-electron chi connectivity index (χ3n) is 7.19. The normalized spacial score (nSPS) is 14.7. The Morgan fingerprint density at radius 3 is 2.15 bits per heavy atom. The van der Waals surface area contributed by atoms with Crippen LogP contribution in [0.25, 0.3) is 0 Å². The Morgan fingerprint density at radius 1 is 0.951 bits per heavy atom. The van der Waals surface area contributed by atoms with E-state index in [-0.39, 0.29) is 46.2 Å². The van der Waals surface area contributed by atoms with Gasteiger partial charge in [-0.1, -0.05) is 12.1 Å². The number of carboxylic acid groups (broad SMARTS) is 1. The number of phenols is 2. The van der Waals surface area contributed by atoms with Gasteiger partial charge < -0.3 is 30.5 Å². The molecule has 0 saturated carbocycles. The van der Waals surface area contributed by atoms with Crippen molar-refractivity contribution in [2.45, 2.75) is 30.9 Å². The Morgan fingerprint density at radius 2 is 1.59 bits per heavy atom. The average Bonchev–Trinajstić information content (AvgIpc) is 3.24. The average molecular weight is 581 g/mol. The molecule has 212 valence electrons. The number of halogens is 1. The molecule has 5 rings (SSSR count). The lowest BCUT2D eigenvalue weighted by Crippen LogP contribution is -2.48. The molecule has 3 aromatic rings. The number of esters is 1. The molecule has 0 aliphatic carbocycles. The molecule has 1 spiro atoms. The number of Topliss-reactive ketones (excluding diaryl/α,β-unsaturated/α-hetero) is 2. The second-order valence-electron chi connectivity index (χ2n) is 9.61. The van der Waals surface area contributed by atoms with Crippen molar-refractivity contribution in [3.8, 4) is 23.0 Å². The van der Waals surface area contributed by atoms with Crippen molar-refractivity contribution >= 4 is 40.9 Å². The fourth-order valence-electron chi connectivity index (χ4n) is 5.45. The van der Waals surface area contributed by atoms with E-state index < -0.39 is 41.2 Å². The van der Waals surface area contributed by atoms with Gasteiger partial charge in [0.05, 0.1) is 17.1 Å². The minimum Gasteiger partial charge on any atom is -0.508 e. The topological polar surface area (TPSA) is 177 Å². The maximum atomic E-state index is 13.7. The molecule has 2 heterocycles. The Labute approximate surface area is 238 Å². The smallest absolute Gasteiger partial charge is 0.412 e. The van der Waals surface area contributed by atoms with Crippen LogP contribution in [0.2, 0.25) is 0 Å². The molecule has 0 saturated heterocycles. The van der Waals surface area contributed by atoms with Crippen molar-refractivity contribution in [3.63, 3.8) is 0 Å². The Balaban J connectivity index is 1.75. The molecule has 0 fully saturated rings. The van der Waals surface area contributed by atoms with Gasteiger partial charge in [-0.3, -0.25) is 14.5 Å². The molecule has 2 aliphatic rings. The quantitative estimate of drug-likeness (QED) is 0.125. The largest absolute Gasteiger partial charge is 0.508 e. The molecule has 0 radical (unpaired) electrons. The van der Waals surface area contributed by atoms with Crippen LogP contribution in [0, 0.1) is 0 Å². The van der Waals surface area contributed by atoms with Gasteiger partial charge in [0, 0.05) is 28.8 Å². The van der Waals surface area contributed by atoms with Crippen LogP contribution in [0.3, 0.4) is 0 Å². The molecule has 3 aromatic carbocycles. The summed E-state index contributed by atoms with van der Waals surface area (Å²) in [4.78, 5) is 52.6. The highest BCUT2D eigenvalue weighted by molar-refractivity contribution is 6.49. The molecule has 0 bridgehead atoms. The number of nitrogens with zero attached hydrogens (tertiary/aromatic N) is 1. The van der Waals surface area contributed by atoms with Gasteiger partial charge in [0.1, 0.15) is 29.0 Å². The van der Waals surface area contributed by atoms with Crippen LogP contribution in [-0.2, 0) is 19.9 Å². The number of ether oxygens (including phenoxy) is 2. The lowest BCUT2D eigenvalue weighted by atomic mass is 9.77. The van der Waals surface area contributed by atoms with E-state index in [1.807, 2.05) is 0 Å². The fraction of sp³-hybridized carbons (Fsp3) is 0.241. The number of carbonyl (C=O) groups excluding carboxylic acids is 3. The summed E-state index contributed by atoms with van der Waals surface area (Å²) in [5, 5.41) is 30.6. The van der Waals surface area contributed by atoms with Gasteiger partial charge >= 0.3 is 12.1 Å². The van der Waals surface area contributed by atoms with Crippen molar-refractivity contribution in [3.05, 3.63) is 76.9 Å². The van der Waals surface area contributed by atoms with Gasteiger partial charge in [-0.2, -0.15) is 0 Å². The van der Waals surface area contributed by atoms with Crippen molar-refractivity contribution in [1.29, 1.82) is 0 Å². The minimum absolute atomic E-state index is 0.0348. The molecule has 5 N–H and O–H groups in total. The summed E-state index contributed by atoms with van der Waals surface area (Å²) in [5.41, 5.74) is 4.57. The van der Waals surface area contributed by atoms with Gasteiger partial charge in [0.15, 0.2) is 5.60 Å². The molecular weight excluding hydrogens is 556 g/mol. The molecule has 0 aromatic heterocycles. The van der Waals surface area contributed by atoms with Crippen LogP contribution in [0.4, 0.5) is 10.5 Å². The van der Waals surface area contributed by atoms with Crippen LogP contribution >= 0.6 is 11.6 Å². The Hall–Kier alpha value is -4.61. The Bertz CT molecular complexity index is 1540. The molecular formula is C29H25ClN2O9. The second-order valence-corrected chi connectivity index (χ2v) is 9.87. The summed E-state index contributed by atoms with van der Waals surface area (Å²) in [6.45, 7) is 0.291.